The smallest absolute Gasteiger partial charge is 0.337 e. The van der Waals surface area contributed by atoms with Crippen molar-refractivity contribution in [2.45, 2.75) is 6.54 Å². The van der Waals surface area contributed by atoms with Gasteiger partial charge in [0, 0.05) is 17.6 Å². The first-order valence-electron chi connectivity index (χ1n) is 6.78. The number of likely N-dealkylation sites (N-methyl/N-ethyl adjacent to an activating group) is 1. The predicted octanol–water partition coefficient (Wildman–Crippen LogP) is 2.61. The van der Waals surface area contributed by atoms with Crippen LogP contribution in [0.15, 0.2) is 41.8 Å². The van der Waals surface area contributed by atoms with Gasteiger partial charge in [-0.05, 0) is 35.7 Å². The van der Waals surface area contributed by atoms with Gasteiger partial charge in [-0.3, -0.25) is 4.79 Å². The van der Waals surface area contributed by atoms with Gasteiger partial charge in [0.05, 0.1) is 25.8 Å². The number of esters is 1. The number of hydrogen-bond acceptors (Lipinski definition) is 5. The fraction of sp³-hybridized carbons (Fsp3) is 0.250. The van der Waals surface area contributed by atoms with E-state index >= 15 is 0 Å². The summed E-state index contributed by atoms with van der Waals surface area (Å²) in [7, 11) is 3.13. The molecule has 0 saturated heterocycles. The average molecular weight is 318 g/mol. The Morgan fingerprint density at radius 1 is 1.23 bits per heavy atom. The highest BCUT2D eigenvalue weighted by atomic mass is 32.1. The first kappa shape index (κ1) is 16.0. The van der Waals surface area contributed by atoms with Gasteiger partial charge in [-0.2, -0.15) is 0 Å². The SMILES string of the molecule is COC(=O)c1ccc(NCC(=O)N(C)Cc2cccs2)cc1. The molecule has 0 atom stereocenters. The van der Waals surface area contributed by atoms with Crippen molar-refractivity contribution in [3.05, 3.63) is 52.2 Å². The van der Waals surface area contributed by atoms with Crippen molar-refractivity contribution in [2.24, 2.45) is 0 Å². The van der Waals surface area contributed by atoms with E-state index in [0.29, 0.717) is 12.1 Å². The highest BCUT2D eigenvalue weighted by Gasteiger charge is 2.10. The molecule has 1 aromatic carbocycles. The number of rotatable bonds is 6. The number of anilines is 1. The van der Waals surface area contributed by atoms with E-state index in [2.05, 4.69) is 10.1 Å². The Hall–Kier alpha value is -2.34. The molecule has 116 valence electrons. The molecule has 0 aliphatic heterocycles. The van der Waals surface area contributed by atoms with Gasteiger partial charge in [-0.25, -0.2) is 4.79 Å². The van der Waals surface area contributed by atoms with E-state index in [0.717, 1.165) is 10.6 Å². The summed E-state index contributed by atoms with van der Waals surface area (Å²) in [6.07, 6.45) is 0. The zero-order chi connectivity index (χ0) is 15.9. The lowest BCUT2D eigenvalue weighted by molar-refractivity contribution is -0.128. The molecule has 0 radical (unpaired) electrons. The summed E-state index contributed by atoms with van der Waals surface area (Å²) >= 11 is 1.63. The number of benzene rings is 1. The van der Waals surface area contributed by atoms with E-state index in [1.54, 1.807) is 47.5 Å². The molecular formula is C16H18N2O3S. The highest BCUT2D eigenvalue weighted by Crippen LogP contribution is 2.12. The molecule has 2 rings (SSSR count). The van der Waals surface area contributed by atoms with E-state index in [1.165, 1.54) is 7.11 Å². The first-order chi connectivity index (χ1) is 10.6. The summed E-state index contributed by atoms with van der Waals surface area (Å²) in [6.45, 7) is 0.818. The minimum absolute atomic E-state index is 0.00504. The van der Waals surface area contributed by atoms with Gasteiger partial charge in [-0.1, -0.05) is 6.07 Å². The molecule has 1 aromatic heterocycles. The number of nitrogens with zero attached hydrogens (tertiary/aromatic N) is 1. The van der Waals surface area contributed by atoms with Crippen molar-refractivity contribution in [2.75, 3.05) is 26.0 Å². The molecule has 1 heterocycles. The van der Waals surface area contributed by atoms with Crippen molar-refractivity contribution >= 4 is 28.9 Å². The Morgan fingerprint density at radius 3 is 2.55 bits per heavy atom. The zero-order valence-electron chi connectivity index (χ0n) is 12.5. The number of nitrogens with one attached hydrogen (secondary N) is 1. The number of carbonyl (C=O) groups excluding carboxylic acids is 2. The van der Waals surface area contributed by atoms with E-state index in [1.807, 2.05) is 17.5 Å². The van der Waals surface area contributed by atoms with Crippen LogP contribution in [0.1, 0.15) is 15.2 Å². The van der Waals surface area contributed by atoms with Crippen LogP contribution >= 0.6 is 11.3 Å². The Balaban J connectivity index is 1.84. The minimum atomic E-state index is -0.377. The number of hydrogen-bond donors (Lipinski definition) is 1. The van der Waals surface area contributed by atoms with Crippen LogP contribution < -0.4 is 5.32 Å². The lowest BCUT2D eigenvalue weighted by atomic mass is 10.2. The van der Waals surface area contributed by atoms with Crippen LogP contribution in [0.3, 0.4) is 0 Å². The molecule has 0 aliphatic rings. The monoisotopic (exact) mass is 318 g/mol. The summed E-state index contributed by atoms with van der Waals surface area (Å²) in [5, 5.41) is 5.04. The largest absolute Gasteiger partial charge is 0.465 e. The van der Waals surface area contributed by atoms with E-state index in [9.17, 15) is 9.59 Å². The Morgan fingerprint density at radius 2 is 1.95 bits per heavy atom. The summed E-state index contributed by atoms with van der Waals surface area (Å²) in [6, 6.07) is 10.8. The fourth-order valence-electron chi connectivity index (χ4n) is 1.88. The van der Waals surface area contributed by atoms with Gasteiger partial charge < -0.3 is 15.0 Å². The second kappa shape index (κ2) is 7.61. The molecule has 1 N–H and O–H groups in total. The van der Waals surface area contributed by atoms with Crippen LogP contribution in [0.25, 0.3) is 0 Å². The summed E-state index contributed by atoms with van der Waals surface area (Å²) in [4.78, 5) is 26.2. The van der Waals surface area contributed by atoms with Crippen molar-refractivity contribution in [3.63, 3.8) is 0 Å². The lowest BCUT2D eigenvalue weighted by Gasteiger charge is -2.17. The summed E-state index contributed by atoms with van der Waals surface area (Å²) < 4.78 is 4.64. The third-order valence-electron chi connectivity index (χ3n) is 3.15. The number of methoxy groups -OCH3 is 1. The molecule has 0 fully saturated rings. The maximum atomic E-state index is 12.1. The molecule has 0 bridgehead atoms. The van der Waals surface area contributed by atoms with Crippen molar-refractivity contribution in [1.29, 1.82) is 0 Å². The standard InChI is InChI=1S/C16H18N2O3S/c1-18(11-14-4-3-9-22-14)15(19)10-17-13-7-5-12(6-8-13)16(20)21-2/h3-9,17H,10-11H2,1-2H3. The summed E-state index contributed by atoms with van der Waals surface area (Å²) in [5.74, 6) is -0.372. The molecule has 0 unspecified atom stereocenters. The second-order valence-corrected chi connectivity index (χ2v) is 5.78. The third kappa shape index (κ3) is 4.33. The van der Waals surface area contributed by atoms with Crippen LogP contribution in [-0.4, -0.2) is 37.5 Å². The predicted molar refractivity (Wildman–Crippen MR) is 87.1 cm³/mol. The van der Waals surface area contributed by atoms with Crippen LogP contribution in [0, 0.1) is 0 Å². The van der Waals surface area contributed by atoms with E-state index in [4.69, 9.17) is 0 Å². The van der Waals surface area contributed by atoms with Crippen molar-refractivity contribution in [3.8, 4) is 0 Å². The third-order valence-corrected chi connectivity index (χ3v) is 4.01. The van der Waals surface area contributed by atoms with Crippen LogP contribution in [-0.2, 0) is 16.1 Å². The zero-order valence-corrected chi connectivity index (χ0v) is 13.4. The molecular weight excluding hydrogens is 300 g/mol. The van der Waals surface area contributed by atoms with Crippen LogP contribution in [0.2, 0.25) is 0 Å². The number of carbonyl (C=O) groups is 2. The molecule has 1 amide bonds. The minimum Gasteiger partial charge on any atom is -0.465 e. The normalized spacial score (nSPS) is 10.1. The molecule has 0 aliphatic carbocycles. The van der Waals surface area contributed by atoms with Gasteiger partial charge in [-0.15, -0.1) is 11.3 Å². The molecule has 2 aromatic rings. The topological polar surface area (TPSA) is 58.6 Å². The fourth-order valence-corrected chi connectivity index (χ4v) is 2.64. The maximum Gasteiger partial charge on any atom is 0.337 e. The van der Waals surface area contributed by atoms with Gasteiger partial charge in [0.25, 0.3) is 0 Å². The van der Waals surface area contributed by atoms with Crippen LogP contribution in [0.4, 0.5) is 5.69 Å². The first-order valence-corrected chi connectivity index (χ1v) is 7.66. The van der Waals surface area contributed by atoms with Crippen LogP contribution in [0.5, 0.6) is 0 Å². The molecule has 0 saturated carbocycles. The molecule has 5 nitrogen and oxygen atoms in total. The molecule has 22 heavy (non-hydrogen) atoms. The number of thiophene rings is 1. The lowest BCUT2D eigenvalue weighted by Crippen LogP contribution is -2.31. The molecule has 0 spiro atoms. The second-order valence-electron chi connectivity index (χ2n) is 4.75. The van der Waals surface area contributed by atoms with Crippen molar-refractivity contribution < 1.29 is 14.3 Å². The Labute approximate surface area is 133 Å². The van der Waals surface area contributed by atoms with Gasteiger partial charge in [0.2, 0.25) is 5.91 Å². The van der Waals surface area contributed by atoms with E-state index in [-0.39, 0.29) is 18.4 Å². The number of ether oxygens (including phenoxy) is 1. The molecule has 6 heteroatoms. The van der Waals surface area contributed by atoms with E-state index < -0.39 is 0 Å². The number of amides is 1. The Kier molecular flexibility index (Phi) is 5.55. The average Bonchev–Trinajstić information content (AvgIpc) is 3.05. The van der Waals surface area contributed by atoms with Gasteiger partial charge >= 0.3 is 5.97 Å². The summed E-state index contributed by atoms with van der Waals surface area (Å²) in [5.41, 5.74) is 1.26. The highest BCUT2D eigenvalue weighted by molar-refractivity contribution is 7.09. The van der Waals surface area contributed by atoms with Gasteiger partial charge in [0.15, 0.2) is 0 Å². The maximum absolute atomic E-state index is 12.1. The Bertz CT molecular complexity index is 623. The van der Waals surface area contributed by atoms with Crippen molar-refractivity contribution in [1.82, 2.24) is 4.90 Å². The quantitative estimate of drug-likeness (QED) is 0.832. The van der Waals surface area contributed by atoms with Gasteiger partial charge in [0.1, 0.15) is 0 Å².